The number of hydrogen-bond donors (Lipinski definition) is 2. The summed E-state index contributed by atoms with van der Waals surface area (Å²) in [5, 5.41) is 5.68. The Balaban J connectivity index is 2.15. The Morgan fingerprint density at radius 1 is 1.04 bits per heavy atom. The minimum Gasteiger partial charge on any atom is -0.352 e. The molecule has 1 aromatic heterocycles. The van der Waals surface area contributed by atoms with Gasteiger partial charge in [0.1, 0.15) is 0 Å². The van der Waals surface area contributed by atoms with Crippen molar-refractivity contribution in [1.82, 2.24) is 5.32 Å². The quantitative estimate of drug-likeness (QED) is 0.769. The minimum absolute atomic E-state index is 0.0657. The van der Waals surface area contributed by atoms with Crippen molar-refractivity contribution in [2.24, 2.45) is 5.92 Å². The summed E-state index contributed by atoms with van der Waals surface area (Å²) < 4.78 is 0. The molecule has 0 unspecified atom stereocenters. The van der Waals surface area contributed by atoms with Gasteiger partial charge in [-0.1, -0.05) is 19.9 Å². The molecule has 0 fully saturated rings. The first-order valence-electron chi connectivity index (χ1n) is 8.09. The molecule has 2 aromatic rings. The fourth-order valence-electron chi connectivity index (χ4n) is 2.13. The predicted octanol–water partition coefficient (Wildman–Crippen LogP) is 3.90. The van der Waals surface area contributed by atoms with Crippen LogP contribution in [0.3, 0.4) is 0 Å². The van der Waals surface area contributed by atoms with Crippen LogP contribution in [0.2, 0.25) is 0 Å². The van der Waals surface area contributed by atoms with Gasteiger partial charge in [0.2, 0.25) is 0 Å². The first kappa shape index (κ1) is 18.9. The molecule has 2 N–H and O–H groups in total. The maximum atomic E-state index is 12.4. The molecule has 1 heterocycles. The molecule has 0 bridgehead atoms. The maximum absolute atomic E-state index is 12.4. The Labute approximate surface area is 151 Å². The highest BCUT2D eigenvalue weighted by molar-refractivity contribution is 7.16. The highest BCUT2D eigenvalue weighted by Crippen LogP contribution is 2.21. The lowest BCUT2D eigenvalue weighted by Crippen LogP contribution is -2.27. The van der Waals surface area contributed by atoms with Crippen molar-refractivity contribution in [3.8, 4) is 0 Å². The van der Waals surface area contributed by atoms with E-state index in [0.29, 0.717) is 33.5 Å². The van der Waals surface area contributed by atoms with E-state index in [2.05, 4.69) is 10.6 Å². The maximum Gasteiger partial charge on any atom is 0.265 e. The fraction of sp³-hybridized carbons (Fsp3) is 0.316. The van der Waals surface area contributed by atoms with Crippen molar-refractivity contribution >= 4 is 34.6 Å². The topological polar surface area (TPSA) is 75.3 Å². The Morgan fingerprint density at radius 2 is 1.72 bits per heavy atom. The van der Waals surface area contributed by atoms with Crippen molar-refractivity contribution in [1.29, 1.82) is 0 Å². The van der Waals surface area contributed by atoms with Gasteiger partial charge < -0.3 is 10.6 Å². The molecule has 0 aliphatic rings. The molecule has 0 atom stereocenters. The van der Waals surface area contributed by atoms with Crippen molar-refractivity contribution in [3.63, 3.8) is 0 Å². The second-order valence-corrected chi connectivity index (χ2v) is 7.39. The van der Waals surface area contributed by atoms with Crippen LogP contribution in [-0.2, 0) is 0 Å². The SMILES string of the molecule is CC(=O)c1ccc(C(=O)Nc2cc(C(=O)NCC(C)C)ccc2C)s1. The number of carbonyl (C=O) groups is 3. The average Bonchev–Trinajstić information content (AvgIpc) is 3.05. The Bertz CT molecular complexity index is 809. The van der Waals surface area contributed by atoms with Crippen LogP contribution in [0.15, 0.2) is 30.3 Å². The molecule has 1 aromatic carbocycles. The summed E-state index contributed by atoms with van der Waals surface area (Å²) in [6.07, 6.45) is 0. The van der Waals surface area contributed by atoms with Gasteiger partial charge >= 0.3 is 0 Å². The van der Waals surface area contributed by atoms with Gasteiger partial charge in [-0.05, 0) is 49.6 Å². The lowest BCUT2D eigenvalue weighted by Gasteiger charge is -2.11. The van der Waals surface area contributed by atoms with Crippen LogP contribution < -0.4 is 10.6 Å². The number of Topliss-reactive ketones (excluding diaryl/α,β-unsaturated/α-hetero) is 1. The zero-order valence-electron chi connectivity index (χ0n) is 14.8. The predicted molar refractivity (Wildman–Crippen MR) is 101 cm³/mol. The molecule has 2 rings (SSSR count). The number of carbonyl (C=O) groups excluding carboxylic acids is 3. The number of ketones is 1. The molecule has 6 heteroatoms. The van der Waals surface area contributed by atoms with E-state index in [1.165, 1.54) is 6.92 Å². The molecule has 132 valence electrons. The van der Waals surface area contributed by atoms with Crippen LogP contribution in [0, 0.1) is 12.8 Å². The number of amides is 2. The Morgan fingerprint density at radius 3 is 2.32 bits per heavy atom. The van der Waals surface area contributed by atoms with Gasteiger partial charge in [-0.25, -0.2) is 0 Å². The van der Waals surface area contributed by atoms with Gasteiger partial charge in [-0.15, -0.1) is 11.3 Å². The number of hydrogen-bond acceptors (Lipinski definition) is 4. The third-order valence-electron chi connectivity index (χ3n) is 3.60. The summed E-state index contributed by atoms with van der Waals surface area (Å²) >= 11 is 1.16. The number of rotatable bonds is 6. The molecule has 0 aliphatic carbocycles. The van der Waals surface area contributed by atoms with E-state index >= 15 is 0 Å². The van der Waals surface area contributed by atoms with Crippen molar-refractivity contribution in [2.75, 3.05) is 11.9 Å². The van der Waals surface area contributed by atoms with E-state index in [1.807, 2.05) is 20.8 Å². The molecule has 2 amide bonds. The Hall–Kier alpha value is -2.47. The smallest absolute Gasteiger partial charge is 0.265 e. The second-order valence-electron chi connectivity index (χ2n) is 6.31. The molecule has 0 spiro atoms. The summed E-state index contributed by atoms with van der Waals surface area (Å²) in [6, 6.07) is 8.48. The summed E-state index contributed by atoms with van der Waals surface area (Å²) in [7, 11) is 0. The molecule has 0 saturated heterocycles. The number of nitrogens with one attached hydrogen (secondary N) is 2. The van der Waals surface area contributed by atoms with Gasteiger partial charge in [0.25, 0.3) is 11.8 Å². The van der Waals surface area contributed by atoms with E-state index in [0.717, 1.165) is 16.9 Å². The van der Waals surface area contributed by atoms with E-state index in [9.17, 15) is 14.4 Å². The highest BCUT2D eigenvalue weighted by Gasteiger charge is 2.14. The van der Waals surface area contributed by atoms with Crippen LogP contribution in [0.25, 0.3) is 0 Å². The van der Waals surface area contributed by atoms with E-state index in [4.69, 9.17) is 0 Å². The van der Waals surface area contributed by atoms with E-state index in [1.54, 1.807) is 30.3 Å². The molecular weight excluding hydrogens is 336 g/mol. The molecule has 0 aliphatic heterocycles. The minimum atomic E-state index is -0.291. The monoisotopic (exact) mass is 358 g/mol. The van der Waals surface area contributed by atoms with Crippen LogP contribution in [0.4, 0.5) is 5.69 Å². The molecule has 0 saturated carbocycles. The van der Waals surface area contributed by atoms with Crippen molar-refractivity contribution in [2.45, 2.75) is 27.7 Å². The van der Waals surface area contributed by atoms with Gasteiger partial charge in [0.05, 0.1) is 9.75 Å². The zero-order valence-corrected chi connectivity index (χ0v) is 15.6. The fourth-order valence-corrected chi connectivity index (χ4v) is 2.93. The van der Waals surface area contributed by atoms with Gasteiger partial charge in [-0.2, -0.15) is 0 Å². The summed E-state index contributed by atoms with van der Waals surface area (Å²) in [6.45, 7) is 7.98. The van der Waals surface area contributed by atoms with Crippen LogP contribution >= 0.6 is 11.3 Å². The number of thiophene rings is 1. The highest BCUT2D eigenvalue weighted by atomic mass is 32.1. The average molecular weight is 358 g/mol. The first-order valence-corrected chi connectivity index (χ1v) is 8.90. The van der Waals surface area contributed by atoms with E-state index in [-0.39, 0.29) is 17.6 Å². The van der Waals surface area contributed by atoms with Gasteiger partial charge in [-0.3, -0.25) is 14.4 Å². The van der Waals surface area contributed by atoms with Crippen molar-refractivity contribution < 1.29 is 14.4 Å². The molecule has 0 radical (unpaired) electrons. The Kier molecular flexibility index (Phi) is 6.09. The molecular formula is C19H22N2O3S. The standard InChI is InChI=1S/C19H22N2O3S/c1-11(2)10-20-18(23)14-6-5-12(3)15(9-14)21-19(24)17-8-7-16(25-17)13(4)22/h5-9,11H,10H2,1-4H3,(H,20,23)(H,21,24). The first-order chi connectivity index (χ1) is 11.8. The zero-order chi connectivity index (χ0) is 18.6. The molecule has 5 nitrogen and oxygen atoms in total. The van der Waals surface area contributed by atoms with Crippen LogP contribution in [0.5, 0.6) is 0 Å². The third-order valence-corrected chi connectivity index (χ3v) is 4.78. The van der Waals surface area contributed by atoms with E-state index < -0.39 is 0 Å². The lowest BCUT2D eigenvalue weighted by atomic mass is 10.1. The summed E-state index contributed by atoms with van der Waals surface area (Å²) in [5.74, 6) is -0.161. The van der Waals surface area contributed by atoms with Crippen LogP contribution in [0.1, 0.15) is 56.0 Å². The normalized spacial score (nSPS) is 10.6. The number of benzene rings is 1. The largest absolute Gasteiger partial charge is 0.352 e. The third kappa shape index (κ3) is 5.00. The summed E-state index contributed by atoms with van der Waals surface area (Å²) in [5.41, 5.74) is 1.94. The van der Waals surface area contributed by atoms with Gasteiger partial charge in [0, 0.05) is 17.8 Å². The molecule has 25 heavy (non-hydrogen) atoms. The lowest BCUT2D eigenvalue weighted by molar-refractivity contribution is 0.0947. The van der Waals surface area contributed by atoms with Crippen LogP contribution in [-0.4, -0.2) is 24.1 Å². The summed E-state index contributed by atoms with van der Waals surface area (Å²) in [4.78, 5) is 36.9. The number of anilines is 1. The number of aryl methyl sites for hydroxylation is 1. The van der Waals surface area contributed by atoms with Crippen molar-refractivity contribution in [3.05, 3.63) is 51.2 Å². The second kappa shape index (κ2) is 8.07. The van der Waals surface area contributed by atoms with Gasteiger partial charge in [0.15, 0.2) is 5.78 Å².